The van der Waals surface area contributed by atoms with Gasteiger partial charge in [-0.15, -0.1) is 35.3 Å². The van der Waals surface area contributed by atoms with Crippen LogP contribution in [0.15, 0.2) is 46.8 Å². The van der Waals surface area contributed by atoms with Crippen LogP contribution in [0.5, 0.6) is 0 Å². The lowest BCUT2D eigenvalue weighted by atomic mass is 10.2. The summed E-state index contributed by atoms with van der Waals surface area (Å²) in [5.74, 6) is 0.658. The van der Waals surface area contributed by atoms with Crippen LogP contribution in [-0.2, 0) is 17.8 Å². The molecule has 0 aliphatic rings. The normalized spacial score (nSPS) is 10.9. The van der Waals surface area contributed by atoms with Gasteiger partial charge in [-0.05, 0) is 29.5 Å². The minimum atomic E-state index is -0.0336. The third-order valence-corrected chi connectivity index (χ3v) is 5.13. The Morgan fingerprint density at radius 1 is 1.19 bits per heavy atom. The van der Waals surface area contributed by atoms with Crippen LogP contribution in [0.4, 0.5) is 0 Å². The van der Waals surface area contributed by atoms with Crippen molar-refractivity contribution in [2.24, 2.45) is 4.99 Å². The summed E-state index contributed by atoms with van der Waals surface area (Å²) in [6, 6.07) is 11.9. The number of nitrogens with one attached hydrogen (secondary N) is 1. The van der Waals surface area contributed by atoms with Gasteiger partial charge < -0.3 is 15.1 Å². The van der Waals surface area contributed by atoms with Crippen molar-refractivity contribution in [2.75, 3.05) is 34.2 Å². The summed E-state index contributed by atoms with van der Waals surface area (Å²) in [5.41, 5.74) is 1.02. The molecule has 0 bridgehead atoms. The summed E-state index contributed by atoms with van der Waals surface area (Å²) in [6.07, 6.45) is 0.915. The van der Waals surface area contributed by atoms with Crippen LogP contribution >= 0.6 is 46.9 Å². The Balaban J connectivity index is 0.00000364. The molecule has 27 heavy (non-hydrogen) atoms. The van der Waals surface area contributed by atoms with Crippen molar-refractivity contribution in [2.45, 2.75) is 13.0 Å². The first kappa shape index (κ1) is 23.7. The molecule has 0 radical (unpaired) electrons. The minimum absolute atomic E-state index is 0. The number of halogens is 2. The highest BCUT2D eigenvalue weighted by Crippen LogP contribution is 2.16. The fourth-order valence-electron chi connectivity index (χ4n) is 2.30. The number of aliphatic imine (C=N–C) groups is 1. The van der Waals surface area contributed by atoms with E-state index < -0.39 is 0 Å². The van der Waals surface area contributed by atoms with Gasteiger partial charge in [-0.2, -0.15) is 0 Å². The molecule has 1 N–H and O–H groups in total. The number of thiophene rings is 1. The molecular formula is C19H26ClIN4OS. The molecule has 148 valence electrons. The molecule has 5 nitrogen and oxygen atoms in total. The Hall–Kier alpha value is -1.32. The first-order chi connectivity index (χ1) is 12.5. The molecule has 2 rings (SSSR count). The highest BCUT2D eigenvalue weighted by atomic mass is 127. The molecule has 0 atom stereocenters. The molecule has 0 saturated heterocycles. The second kappa shape index (κ2) is 12.2. The van der Waals surface area contributed by atoms with E-state index in [0.717, 1.165) is 23.6 Å². The Kier molecular flexibility index (Phi) is 10.7. The fourth-order valence-corrected chi connectivity index (χ4v) is 3.21. The first-order valence-electron chi connectivity index (χ1n) is 8.42. The molecular weight excluding hydrogens is 495 g/mol. The maximum Gasteiger partial charge on any atom is 0.243 e. The maximum absolute atomic E-state index is 11.9. The van der Waals surface area contributed by atoms with Crippen molar-refractivity contribution in [3.05, 3.63) is 57.2 Å². The van der Waals surface area contributed by atoms with E-state index in [0.29, 0.717) is 12.5 Å². The molecule has 0 unspecified atom stereocenters. The molecule has 1 aromatic heterocycles. The number of nitrogens with zero attached hydrogens (tertiary/aromatic N) is 3. The molecule has 2 aromatic rings. The number of carbonyl (C=O) groups is 1. The number of guanidine groups is 1. The van der Waals surface area contributed by atoms with Gasteiger partial charge >= 0.3 is 0 Å². The van der Waals surface area contributed by atoms with Crippen LogP contribution in [0.1, 0.15) is 10.4 Å². The maximum atomic E-state index is 11.9. The zero-order chi connectivity index (χ0) is 18.9. The lowest BCUT2D eigenvalue weighted by molar-refractivity contribution is -0.127. The molecule has 8 heteroatoms. The number of carbonyl (C=O) groups excluding carboxylic acids is 1. The summed E-state index contributed by atoms with van der Waals surface area (Å²) in [4.78, 5) is 21.2. The van der Waals surface area contributed by atoms with Crippen molar-refractivity contribution in [3.8, 4) is 0 Å². The van der Waals surface area contributed by atoms with E-state index >= 15 is 0 Å². The Morgan fingerprint density at radius 2 is 1.93 bits per heavy atom. The first-order valence-corrected chi connectivity index (χ1v) is 9.68. The fraction of sp³-hybridized carbons (Fsp3) is 0.368. The van der Waals surface area contributed by atoms with Crippen molar-refractivity contribution in [1.82, 2.24) is 15.1 Å². The average molecular weight is 521 g/mol. The summed E-state index contributed by atoms with van der Waals surface area (Å²) >= 11 is 8.01. The van der Waals surface area contributed by atoms with Gasteiger partial charge in [-0.1, -0.05) is 35.9 Å². The van der Waals surface area contributed by atoms with Crippen LogP contribution in [0.25, 0.3) is 0 Å². The van der Waals surface area contributed by atoms with Crippen molar-refractivity contribution < 1.29 is 4.79 Å². The van der Waals surface area contributed by atoms with E-state index in [1.54, 1.807) is 30.3 Å². The topological polar surface area (TPSA) is 47.9 Å². The number of hydrogen-bond acceptors (Lipinski definition) is 3. The van der Waals surface area contributed by atoms with Crippen molar-refractivity contribution in [3.63, 3.8) is 0 Å². The van der Waals surface area contributed by atoms with E-state index in [1.165, 1.54) is 4.88 Å². The van der Waals surface area contributed by atoms with E-state index in [-0.39, 0.29) is 36.4 Å². The van der Waals surface area contributed by atoms with Crippen LogP contribution in [0, 0.1) is 0 Å². The lowest BCUT2D eigenvalue weighted by Crippen LogP contribution is -2.40. The summed E-state index contributed by atoms with van der Waals surface area (Å²) in [7, 11) is 5.41. The van der Waals surface area contributed by atoms with Crippen LogP contribution in [0.3, 0.4) is 0 Å². The van der Waals surface area contributed by atoms with Gasteiger partial charge in [-0.3, -0.25) is 4.79 Å². The van der Waals surface area contributed by atoms with Crippen LogP contribution < -0.4 is 5.32 Å². The summed E-state index contributed by atoms with van der Waals surface area (Å²) in [5, 5.41) is 6.16. The average Bonchev–Trinajstić information content (AvgIpc) is 3.12. The van der Waals surface area contributed by atoms with E-state index in [4.69, 9.17) is 11.6 Å². The quantitative estimate of drug-likeness (QED) is 0.344. The van der Waals surface area contributed by atoms with E-state index in [2.05, 4.69) is 21.8 Å². The van der Waals surface area contributed by atoms with Crippen molar-refractivity contribution in [1.29, 1.82) is 0 Å². The monoisotopic (exact) mass is 520 g/mol. The predicted molar refractivity (Wildman–Crippen MR) is 125 cm³/mol. The van der Waals surface area contributed by atoms with Crippen molar-refractivity contribution >= 4 is 58.8 Å². The van der Waals surface area contributed by atoms with E-state index in [9.17, 15) is 4.79 Å². The number of hydrogen-bond donors (Lipinski definition) is 1. The molecule has 0 aliphatic heterocycles. The van der Waals surface area contributed by atoms with Gasteiger partial charge in [0.2, 0.25) is 5.91 Å². The highest BCUT2D eigenvalue weighted by molar-refractivity contribution is 14.0. The van der Waals surface area contributed by atoms with Gasteiger partial charge in [0.05, 0.1) is 0 Å². The summed E-state index contributed by atoms with van der Waals surface area (Å²) < 4.78 is 0. The van der Waals surface area contributed by atoms with Gasteiger partial charge in [0, 0.05) is 44.1 Å². The van der Waals surface area contributed by atoms with Gasteiger partial charge in [0.25, 0.3) is 0 Å². The Morgan fingerprint density at radius 3 is 2.56 bits per heavy atom. The largest absolute Gasteiger partial charge is 0.356 e. The molecule has 0 fully saturated rings. The molecule has 1 heterocycles. The Labute approximate surface area is 187 Å². The Bertz CT molecular complexity index is 737. The van der Waals surface area contributed by atoms with Crippen LogP contribution in [0.2, 0.25) is 5.02 Å². The van der Waals surface area contributed by atoms with Gasteiger partial charge in [-0.25, -0.2) is 4.99 Å². The third-order valence-electron chi connectivity index (χ3n) is 3.82. The molecule has 1 amide bonds. The number of likely N-dealkylation sites (N-methyl/N-ethyl adjacent to an activating group) is 1. The molecule has 0 spiro atoms. The zero-order valence-electron chi connectivity index (χ0n) is 15.8. The molecule has 1 aromatic carbocycles. The number of benzene rings is 1. The van der Waals surface area contributed by atoms with Crippen LogP contribution in [-0.4, -0.2) is 55.9 Å². The van der Waals surface area contributed by atoms with Gasteiger partial charge in [0.1, 0.15) is 6.54 Å². The van der Waals surface area contributed by atoms with E-state index in [1.807, 2.05) is 42.3 Å². The summed E-state index contributed by atoms with van der Waals surface area (Å²) in [6.45, 7) is 1.48. The second-order valence-corrected chi connectivity index (χ2v) is 7.57. The predicted octanol–water partition coefficient (Wildman–Crippen LogP) is 3.73. The highest BCUT2D eigenvalue weighted by Gasteiger charge is 2.11. The SMILES string of the molecule is CN(C)C(=O)CN=C(NCCc1cccs1)N(C)Cc1ccccc1Cl.I. The second-order valence-electron chi connectivity index (χ2n) is 6.13. The zero-order valence-corrected chi connectivity index (χ0v) is 19.7. The lowest BCUT2D eigenvalue weighted by Gasteiger charge is -2.23. The standard InChI is InChI=1S/C19H25ClN4OS.HI/c1-23(2)18(25)13-22-19(21-11-10-16-8-6-12-26-16)24(3)14-15-7-4-5-9-17(15)20;/h4-9,12H,10-11,13-14H2,1-3H3,(H,21,22);1H. The third kappa shape index (κ3) is 8.06. The molecule has 0 saturated carbocycles. The number of amides is 1. The van der Waals surface area contributed by atoms with Gasteiger partial charge in [0.15, 0.2) is 5.96 Å². The molecule has 0 aliphatic carbocycles. The number of rotatable bonds is 7. The minimum Gasteiger partial charge on any atom is -0.356 e. The smallest absolute Gasteiger partial charge is 0.243 e.